The molecule has 3 aliphatic rings. The summed E-state index contributed by atoms with van der Waals surface area (Å²) in [5.74, 6) is 2.00. The number of anilines is 1. The molecular formula is C16H19N5. The third-order valence-corrected chi connectivity index (χ3v) is 4.13. The van der Waals surface area contributed by atoms with Gasteiger partial charge in [-0.15, -0.1) is 0 Å². The third-order valence-electron chi connectivity index (χ3n) is 4.13. The lowest BCUT2D eigenvalue weighted by molar-refractivity contribution is 0.445. The fourth-order valence-corrected chi connectivity index (χ4v) is 2.81. The first-order valence-corrected chi connectivity index (χ1v) is 7.43. The van der Waals surface area contributed by atoms with Crippen molar-refractivity contribution in [2.24, 2.45) is 4.99 Å². The second-order valence-electron chi connectivity index (χ2n) is 5.77. The van der Waals surface area contributed by atoms with Crippen LogP contribution in [-0.4, -0.2) is 41.4 Å². The zero-order chi connectivity index (χ0) is 14.2. The summed E-state index contributed by atoms with van der Waals surface area (Å²) < 4.78 is 0. The molecule has 5 nitrogen and oxygen atoms in total. The zero-order valence-corrected chi connectivity index (χ0v) is 12.1. The second-order valence-corrected chi connectivity index (χ2v) is 5.77. The minimum Gasteiger partial charge on any atom is -0.365 e. The maximum atomic E-state index is 4.78. The van der Waals surface area contributed by atoms with Crippen LogP contribution in [0.5, 0.6) is 0 Å². The average molecular weight is 281 g/mol. The Morgan fingerprint density at radius 2 is 2.24 bits per heavy atom. The minimum absolute atomic E-state index is 0.210. The van der Waals surface area contributed by atoms with E-state index in [4.69, 9.17) is 4.98 Å². The molecule has 1 fully saturated rings. The maximum absolute atomic E-state index is 4.78. The predicted octanol–water partition coefficient (Wildman–Crippen LogP) is 1.69. The number of allylic oxidation sites excluding steroid dienone is 2. The molecule has 4 heterocycles. The summed E-state index contributed by atoms with van der Waals surface area (Å²) >= 11 is 0. The van der Waals surface area contributed by atoms with Gasteiger partial charge < -0.3 is 15.5 Å². The highest BCUT2D eigenvalue weighted by atomic mass is 15.3. The minimum atomic E-state index is 0.210. The molecule has 108 valence electrons. The molecule has 21 heavy (non-hydrogen) atoms. The van der Waals surface area contributed by atoms with Crippen LogP contribution in [0.4, 0.5) is 5.82 Å². The fourth-order valence-electron chi connectivity index (χ4n) is 2.81. The van der Waals surface area contributed by atoms with Crippen LogP contribution in [-0.2, 0) is 0 Å². The summed E-state index contributed by atoms with van der Waals surface area (Å²) in [5.41, 5.74) is 2.31. The Kier molecular flexibility index (Phi) is 3.00. The Balaban J connectivity index is 1.54. The highest BCUT2D eigenvalue weighted by Crippen LogP contribution is 2.29. The van der Waals surface area contributed by atoms with Gasteiger partial charge in [0.25, 0.3) is 0 Å². The Morgan fingerprint density at radius 1 is 1.33 bits per heavy atom. The van der Waals surface area contributed by atoms with Crippen molar-refractivity contribution in [1.82, 2.24) is 15.2 Å². The molecule has 1 unspecified atom stereocenters. The maximum Gasteiger partial charge on any atom is 0.128 e. The quantitative estimate of drug-likeness (QED) is 0.885. The Labute approximate surface area is 124 Å². The van der Waals surface area contributed by atoms with Crippen LogP contribution in [0.3, 0.4) is 0 Å². The number of fused-ring (bicyclic) bond motifs is 1. The highest BCUT2D eigenvalue weighted by molar-refractivity contribution is 5.97. The van der Waals surface area contributed by atoms with Gasteiger partial charge in [0, 0.05) is 19.3 Å². The number of nitrogens with zero attached hydrogens (tertiary/aromatic N) is 3. The number of pyridine rings is 1. The van der Waals surface area contributed by atoms with E-state index in [0.29, 0.717) is 6.04 Å². The van der Waals surface area contributed by atoms with E-state index in [-0.39, 0.29) is 6.04 Å². The van der Waals surface area contributed by atoms with Gasteiger partial charge in [0.15, 0.2) is 0 Å². The summed E-state index contributed by atoms with van der Waals surface area (Å²) in [6, 6.07) is 6.91. The van der Waals surface area contributed by atoms with E-state index in [2.05, 4.69) is 57.9 Å². The van der Waals surface area contributed by atoms with Crippen molar-refractivity contribution < 1.29 is 0 Å². The topological polar surface area (TPSA) is 52.6 Å². The van der Waals surface area contributed by atoms with Crippen molar-refractivity contribution in [3.63, 3.8) is 0 Å². The summed E-state index contributed by atoms with van der Waals surface area (Å²) in [7, 11) is 0. The molecule has 0 aliphatic carbocycles. The second kappa shape index (κ2) is 5.00. The van der Waals surface area contributed by atoms with Crippen molar-refractivity contribution in [3.05, 3.63) is 47.8 Å². The summed E-state index contributed by atoms with van der Waals surface area (Å²) in [4.78, 5) is 11.6. The molecule has 0 bridgehead atoms. The highest BCUT2D eigenvalue weighted by Gasteiger charge is 2.29. The van der Waals surface area contributed by atoms with Crippen LogP contribution in [0, 0.1) is 0 Å². The van der Waals surface area contributed by atoms with Crippen LogP contribution in [0.1, 0.15) is 18.7 Å². The number of rotatable bonds is 3. The monoisotopic (exact) mass is 281 g/mol. The summed E-state index contributed by atoms with van der Waals surface area (Å²) in [6.45, 7) is 4.90. The Morgan fingerprint density at radius 3 is 3.05 bits per heavy atom. The molecule has 0 amide bonds. The smallest absolute Gasteiger partial charge is 0.128 e. The molecule has 4 rings (SSSR count). The van der Waals surface area contributed by atoms with Gasteiger partial charge >= 0.3 is 0 Å². The molecule has 5 heteroatoms. The van der Waals surface area contributed by atoms with Gasteiger partial charge in [-0.1, -0.05) is 6.07 Å². The van der Waals surface area contributed by atoms with E-state index < -0.39 is 0 Å². The molecule has 1 atom stereocenters. The van der Waals surface area contributed by atoms with E-state index in [1.165, 1.54) is 5.57 Å². The first-order chi connectivity index (χ1) is 10.3. The lowest BCUT2D eigenvalue weighted by Gasteiger charge is -2.29. The number of hydrogen-bond donors (Lipinski definition) is 2. The number of nitrogens with one attached hydrogen (secondary N) is 2. The number of hydrogen-bond acceptors (Lipinski definition) is 5. The molecule has 2 N–H and O–H groups in total. The predicted molar refractivity (Wildman–Crippen MR) is 84.3 cm³/mol. The van der Waals surface area contributed by atoms with Crippen molar-refractivity contribution in [3.8, 4) is 0 Å². The van der Waals surface area contributed by atoms with Crippen molar-refractivity contribution in [2.75, 3.05) is 25.0 Å². The van der Waals surface area contributed by atoms with Gasteiger partial charge in [-0.25, -0.2) is 4.98 Å². The van der Waals surface area contributed by atoms with E-state index in [1.54, 1.807) is 0 Å². The number of aromatic nitrogens is 1. The lowest BCUT2D eigenvalue weighted by atomic mass is 10.1. The van der Waals surface area contributed by atoms with E-state index in [9.17, 15) is 0 Å². The molecule has 0 aromatic carbocycles. The van der Waals surface area contributed by atoms with Gasteiger partial charge in [0.1, 0.15) is 11.7 Å². The molecule has 0 saturated carbocycles. The van der Waals surface area contributed by atoms with Gasteiger partial charge in [-0.3, -0.25) is 4.99 Å². The van der Waals surface area contributed by atoms with Crippen molar-refractivity contribution in [2.45, 2.75) is 19.0 Å². The van der Waals surface area contributed by atoms with Crippen LogP contribution in [0.25, 0.3) is 0 Å². The molecule has 1 saturated heterocycles. The zero-order valence-electron chi connectivity index (χ0n) is 12.1. The van der Waals surface area contributed by atoms with E-state index in [0.717, 1.165) is 37.0 Å². The third kappa shape index (κ3) is 2.34. The SMILES string of the molecule is CC1=CC2=NCC(c3cccc(NC4CNC4)n3)N2C=C1. The number of amidine groups is 1. The number of aliphatic imine (C=N–C) groups is 1. The van der Waals surface area contributed by atoms with Gasteiger partial charge in [0.2, 0.25) is 0 Å². The van der Waals surface area contributed by atoms with Gasteiger partial charge in [0.05, 0.1) is 24.3 Å². The van der Waals surface area contributed by atoms with Crippen LogP contribution < -0.4 is 10.6 Å². The van der Waals surface area contributed by atoms with Crippen LogP contribution >= 0.6 is 0 Å². The fraction of sp³-hybridized carbons (Fsp3) is 0.375. The molecular weight excluding hydrogens is 262 g/mol. The van der Waals surface area contributed by atoms with Crippen molar-refractivity contribution in [1.29, 1.82) is 0 Å². The normalized spacial score (nSPS) is 24.2. The average Bonchev–Trinajstić information content (AvgIpc) is 2.86. The Hall–Kier alpha value is -2.14. The van der Waals surface area contributed by atoms with Gasteiger partial charge in [-0.05, 0) is 36.8 Å². The molecule has 0 spiro atoms. The van der Waals surface area contributed by atoms with Crippen molar-refractivity contribution >= 4 is 11.7 Å². The van der Waals surface area contributed by atoms with Crippen LogP contribution in [0.2, 0.25) is 0 Å². The lowest BCUT2D eigenvalue weighted by Crippen LogP contribution is -2.51. The first-order valence-electron chi connectivity index (χ1n) is 7.43. The Bertz CT molecular complexity index is 642. The standard InChI is InChI=1S/C16H19N5/c1-11-5-6-21-14(10-18-16(21)7-11)13-3-2-4-15(20-13)19-12-8-17-9-12/h2-7,12,14,17H,8-10H2,1H3,(H,19,20). The van der Waals surface area contributed by atoms with E-state index >= 15 is 0 Å². The summed E-state index contributed by atoms with van der Waals surface area (Å²) in [6.07, 6.45) is 6.37. The summed E-state index contributed by atoms with van der Waals surface area (Å²) in [5, 5.41) is 6.72. The van der Waals surface area contributed by atoms with Gasteiger partial charge in [-0.2, -0.15) is 0 Å². The first kappa shape index (κ1) is 12.6. The molecule has 3 aliphatic heterocycles. The molecule has 1 aromatic rings. The largest absolute Gasteiger partial charge is 0.365 e. The van der Waals surface area contributed by atoms with E-state index in [1.807, 2.05) is 6.07 Å². The molecule has 0 radical (unpaired) electrons. The van der Waals surface area contributed by atoms with Crippen LogP contribution in [0.15, 0.2) is 47.1 Å². The molecule has 1 aromatic heterocycles.